The van der Waals surface area contributed by atoms with Crippen LogP contribution < -0.4 is 9.75 Å². The summed E-state index contributed by atoms with van der Waals surface area (Å²) in [6, 6.07) is 32.1. The second kappa shape index (κ2) is 11.1. The highest BCUT2D eigenvalue weighted by atomic mass is 16.5. The first-order valence-corrected chi connectivity index (χ1v) is 12.3. The molecule has 1 heterocycles. The molecule has 7 nitrogen and oxygen atoms in total. The molecule has 0 bridgehead atoms. The van der Waals surface area contributed by atoms with Crippen molar-refractivity contribution in [3.8, 4) is 11.5 Å². The molecule has 2 unspecified atom stereocenters. The molecule has 0 saturated heterocycles. The van der Waals surface area contributed by atoms with Crippen LogP contribution in [0.4, 0.5) is 17.1 Å². The maximum atomic E-state index is 11.4. The van der Waals surface area contributed by atoms with E-state index in [9.17, 15) is 10.2 Å². The number of rotatable bonds is 7. The predicted octanol–water partition coefficient (Wildman–Crippen LogP) is 6.10. The Balaban J connectivity index is 1.56. The Morgan fingerprint density at radius 3 is 2.24 bits per heavy atom. The van der Waals surface area contributed by atoms with Gasteiger partial charge in [-0.3, -0.25) is 4.99 Å². The van der Waals surface area contributed by atoms with Crippen molar-refractivity contribution >= 4 is 34.7 Å². The van der Waals surface area contributed by atoms with E-state index >= 15 is 0 Å². The quantitative estimate of drug-likeness (QED) is 0.298. The third-order valence-electron chi connectivity index (χ3n) is 6.36. The van der Waals surface area contributed by atoms with Crippen molar-refractivity contribution in [1.29, 1.82) is 0 Å². The summed E-state index contributed by atoms with van der Waals surface area (Å²) in [4.78, 5) is 9.69. The lowest BCUT2D eigenvalue weighted by Gasteiger charge is -2.24. The first kappa shape index (κ1) is 24.9. The minimum Gasteiger partial charge on any atom is -0.504 e. The highest BCUT2D eigenvalue weighted by Gasteiger charge is 2.38. The molecule has 38 heavy (non-hydrogen) atoms. The van der Waals surface area contributed by atoms with E-state index in [4.69, 9.17) is 9.73 Å². The van der Waals surface area contributed by atoms with Crippen molar-refractivity contribution in [3.63, 3.8) is 0 Å². The first-order valence-electron chi connectivity index (χ1n) is 12.3. The molecule has 2 N–H and O–H groups in total. The number of phenolic OH excluding ortho intramolecular Hbond substituents is 1. The number of nitrogens with zero attached hydrogens (tertiary/aromatic N) is 4. The molecule has 4 aromatic rings. The molecule has 0 saturated carbocycles. The maximum Gasteiger partial charge on any atom is 0.166 e. The third-order valence-corrected chi connectivity index (χ3v) is 6.36. The summed E-state index contributed by atoms with van der Waals surface area (Å²) in [5.41, 5.74) is 4.89. The van der Waals surface area contributed by atoms with Crippen LogP contribution in [0, 0.1) is 5.92 Å². The van der Waals surface area contributed by atoms with E-state index in [2.05, 4.69) is 10.1 Å². The van der Waals surface area contributed by atoms with Crippen LogP contribution in [0.15, 0.2) is 118 Å². The van der Waals surface area contributed by atoms with Crippen molar-refractivity contribution in [3.05, 3.63) is 114 Å². The standard InChI is InChI=1S/C31H28N4O3/c1-21-28(31(37)35(34-21)24-15-7-4-8-16-24)29(22-12-5-3-6-13-22)33-26-18-10-9-17-25(26)32-20-23-14-11-19-27(38-2)30(23)36/h3-20,28,31,36-37H,1-2H3. The molecule has 0 aliphatic carbocycles. The van der Waals surface area contributed by atoms with Crippen LogP contribution in [0.3, 0.4) is 0 Å². The summed E-state index contributed by atoms with van der Waals surface area (Å²) in [5, 5.41) is 28.2. The van der Waals surface area contributed by atoms with E-state index in [0.29, 0.717) is 28.4 Å². The fraction of sp³-hybridized carbons (Fsp3) is 0.129. The highest BCUT2D eigenvalue weighted by Crippen LogP contribution is 2.34. The topological polar surface area (TPSA) is 90.0 Å². The number of aromatic hydroxyl groups is 1. The third kappa shape index (κ3) is 5.05. The minimum absolute atomic E-state index is 0.0200. The number of hydrazone groups is 1. The molecule has 0 aromatic heterocycles. The molecular weight excluding hydrogens is 476 g/mol. The van der Waals surface area contributed by atoms with E-state index in [1.807, 2.05) is 91.9 Å². The Kier molecular flexibility index (Phi) is 7.28. The Morgan fingerprint density at radius 2 is 1.53 bits per heavy atom. The number of benzene rings is 4. The molecule has 7 heteroatoms. The zero-order valence-electron chi connectivity index (χ0n) is 21.1. The lowest BCUT2D eigenvalue weighted by Crippen LogP contribution is -2.37. The van der Waals surface area contributed by atoms with Gasteiger partial charge in [-0.2, -0.15) is 5.10 Å². The molecule has 0 radical (unpaired) electrons. The fourth-order valence-electron chi connectivity index (χ4n) is 4.45. The summed E-state index contributed by atoms with van der Waals surface area (Å²) >= 11 is 0. The summed E-state index contributed by atoms with van der Waals surface area (Å²) in [6.45, 7) is 1.91. The van der Waals surface area contributed by atoms with E-state index < -0.39 is 12.1 Å². The van der Waals surface area contributed by atoms with E-state index in [-0.39, 0.29) is 5.75 Å². The van der Waals surface area contributed by atoms with Crippen LogP contribution in [0.5, 0.6) is 11.5 Å². The van der Waals surface area contributed by atoms with E-state index in [1.165, 1.54) is 7.11 Å². The molecule has 1 aliphatic heterocycles. The number of anilines is 1. The molecule has 190 valence electrons. The molecule has 1 aliphatic rings. The van der Waals surface area contributed by atoms with Crippen molar-refractivity contribution in [2.45, 2.75) is 13.2 Å². The Morgan fingerprint density at radius 1 is 0.868 bits per heavy atom. The lowest BCUT2D eigenvalue weighted by molar-refractivity contribution is 0.167. The van der Waals surface area contributed by atoms with Gasteiger partial charge >= 0.3 is 0 Å². The van der Waals surface area contributed by atoms with Crippen molar-refractivity contribution in [2.75, 3.05) is 12.1 Å². The summed E-state index contributed by atoms with van der Waals surface area (Å²) in [6.07, 6.45) is 0.656. The number of aliphatic hydroxyl groups is 1. The Bertz CT molecular complexity index is 1500. The number of aliphatic imine (C=N–C) groups is 2. The average Bonchev–Trinajstić information content (AvgIpc) is 3.26. The van der Waals surface area contributed by atoms with E-state index in [0.717, 1.165) is 17.0 Å². The summed E-state index contributed by atoms with van der Waals surface area (Å²) in [7, 11) is 1.51. The van der Waals surface area contributed by atoms with Gasteiger partial charge in [-0.1, -0.05) is 66.7 Å². The number of aliphatic hydroxyl groups excluding tert-OH is 1. The van der Waals surface area contributed by atoms with Crippen LogP contribution >= 0.6 is 0 Å². The van der Waals surface area contributed by atoms with Gasteiger partial charge in [0.15, 0.2) is 17.7 Å². The molecule has 0 fully saturated rings. The van der Waals surface area contributed by atoms with Crippen LogP contribution in [0.25, 0.3) is 0 Å². The van der Waals surface area contributed by atoms with Gasteiger partial charge in [0.05, 0.1) is 35.8 Å². The largest absolute Gasteiger partial charge is 0.504 e. The number of hydrogen-bond donors (Lipinski definition) is 2. The lowest BCUT2D eigenvalue weighted by atomic mass is 9.91. The number of phenols is 1. The van der Waals surface area contributed by atoms with Gasteiger partial charge in [0, 0.05) is 17.5 Å². The highest BCUT2D eigenvalue weighted by molar-refractivity contribution is 6.17. The van der Waals surface area contributed by atoms with Crippen LogP contribution in [-0.2, 0) is 0 Å². The monoisotopic (exact) mass is 504 g/mol. The second-order valence-corrected chi connectivity index (χ2v) is 8.82. The average molecular weight is 505 g/mol. The summed E-state index contributed by atoms with van der Waals surface area (Å²) < 4.78 is 5.21. The van der Waals surface area contributed by atoms with E-state index in [1.54, 1.807) is 29.4 Å². The summed E-state index contributed by atoms with van der Waals surface area (Å²) in [5.74, 6) is -0.0664. The SMILES string of the molecule is COc1cccc(C=Nc2ccccc2N=C(c2ccccc2)C2C(C)=NN(c3ccccc3)C2O)c1O. The number of methoxy groups -OCH3 is 1. The predicted molar refractivity (Wildman–Crippen MR) is 153 cm³/mol. The molecule has 4 aromatic carbocycles. The molecule has 5 rings (SSSR count). The number of para-hydroxylation sites is 4. The first-order chi connectivity index (χ1) is 18.6. The minimum atomic E-state index is -0.930. The molecule has 0 spiro atoms. The zero-order chi connectivity index (χ0) is 26.5. The smallest absolute Gasteiger partial charge is 0.166 e. The Hall–Kier alpha value is -4.75. The van der Waals surface area contributed by atoms with Crippen molar-refractivity contribution in [2.24, 2.45) is 21.0 Å². The van der Waals surface area contributed by atoms with Gasteiger partial charge in [-0.15, -0.1) is 0 Å². The number of ether oxygens (including phenoxy) is 1. The zero-order valence-corrected chi connectivity index (χ0v) is 21.1. The maximum absolute atomic E-state index is 11.4. The van der Waals surface area contributed by atoms with Crippen molar-refractivity contribution in [1.82, 2.24) is 0 Å². The van der Waals surface area contributed by atoms with Gasteiger partial charge in [0.1, 0.15) is 0 Å². The van der Waals surface area contributed by atoms with Crippen LogP contribution in [0.2, 0.25) is 0 Å². The second-order valence-electron chi connectivity index (χ2n) is 8.82. The van der Waals surface area contributed by atoms with Gasteiger partial charge < -0.3 is 14.9 Å². The van der Waals surface area contributed by atoms with Crippen LogP contribution in [0.1, 0.15) is 18.1 Å². The van der Waals surface area contributed by atoms with Gasteiger partial charge in [0.2, 0.25) is 0 Å². The van der Waals surface area contributed by atoms with Crippen LogP contribution in [-0.4, -0.2) is 41.2 Å². The molecule has 2 atom stereocenters. The molecular formula is C31H28N4O3. The normalized spacial score (nSPS) is 17.6. The number of hydrogen-bond acceptors (Lipinski definition) is 7. The van der Waals surface area contributed by atoms with Gasteiger partial charge in [-0.25, -0.2) is 10.0 Å². The van der Waals surface area contributed by atoms with Gasteiger partial charge in [0.25, 0.3) is 0 Å². The van der Waals surface area contributed by atoms with Crippen molar-refractivity contribution < 1.29 is 14.9 Å². The Labute approximate surface area is 221 Å². The van der Waals surface area contributed by atoms with Gasteiger partial charge in [-0.05, 0) is 48.9 Å². The fourth-order valence-corrected chi connectivity index (χ4v) is 4.45. The molecule has 0 amide bonds.